The number of ether oxygens (including phenoxy) is 1. The molecule has 0 aliphatic carbocycles. The Hall–Kier alpha value is -2.83. The summed E-state index contributed by atoms with van der Waals surface area (Å²) in [6, 6.07) is 6.53. The molecule has 2 rings (SSSR count). The van der Waals surface area contributed by atoms with Gasteiger partial charge in [-0.2, -0.15) is 0 Å². The van der Waals surface area contributed by atoms with E-state index in [4.69, 9.17) is 9.52 Å². The van der Waals surface area contributed by atoms with Crippen LogP contribution in [0.25, 0.3) is 0 Å². The van der Waals surface area contributed by atoms with E-state index in [1.54, 1.807) is 0 Å². The highest BCUT2D eigenvalue weighted by Gasteiger charge is 2.12. The third-order valence-corrected chi connectivity index (χ3v) is 2.71. The number of carboxylic acid groups (broad SMARTS) is 1. The summed E-state index contributed by atoms with van der Waals surface area (Å²) in [4.78, 5) is 22.0. The number of carbonyl (C=O) groups is 2. The second-order valence-electron chi connectivity index (χ2n) is 4.11. The van der Waals surface area contributed by atoms with Crippen LogP contribution in [0, 0.1) is 5.82 Å². The zero-order chi connectivity index (χ0) is 15.4. The minimum atomic E-state index is -1.18. The number of carboxylic acids is 1. The van der Waals surface area contributed by atoms with Crippen LogP contribution in [0.1, 0.15) is 26.7 Å². The van der Waals surface area contributed by atoms with E-state index >= 15 is 0 Å². The number of rotatable bonds is 5. The van der Waals surface area contributed by atoms with Crippen molar-refractivity contribution in [2.45, 2.75) is 6.54 Å². The molecule has 0 spiro atoms. The Balaban J connectivity index is 2.11. The van der Waals surface area contributed by atoms with Gasteiger partial charge < -0.3 is 19.6 Å². The average Bonchev–Trinajstić information content (AvgIpc) is 2.94. The zero-order valence-electron chi connectivity index (χ0n) is 11.1. The largest absolute Gasteiger partial charge is 0.475 e. The molecule has 0 amide bonds. The molecule has 1 heterocycles. The van der Waals surface area contributed by atoms with Crippen LogP contribution in [0.15, 0.2) is 34.7 Å². The third kappa shape index (κ3) is 3.38. The second-order valence-corrected chi connectivity index (χ2v) is 4.11. The molecule has 0 saturated heterocycles. The molecule has 0 fully saturated rings. The summed E-state index contributed by atoms with van der Waals surface area (Å²) in [6.07, 6.45) is 0. The van der Waals surface area contributed by atoms with Crippen molar-refractivity contribution in [1.82, 2.24) is 0 Å². The summed E-state index contributed by atoms with van der Waals surface area (Å²) >= 11 is 0. The molecule has 0 atom stereocenters. The summed E-state index contributed by atoms with van der Waals surface area (Å²) in [6.45, 7) is 0.0782. The van der Waals surface area contributed by atoms with Gasteiger partial charge in [0.15, 0.2) is 0 Å². The molecule has 0 bridgehead atoms. The zero-order valence-corrected chi connectivity index (χ0v) is 11.1. The Morgan fingerprint density at radius 1 is 1.33 bits per heavy atom. The predicted octanol–water partition coefficient (Wildman–Crippen LogP) is 2.52. The molecule has 110 valence electrons. The smallest absolute Gasteiger partial charge is 0.371 e. The molecule has 0 aliphatic rings. The number of methoxy groups -OCH3 is 1. The molecule has 1 aromatic carbocycles. The number of anilines is 1. The van der Waals surface area contributed by atoms with E-state index in [9.17, 15) is 14.0 Å². The fourth-order valence-electron chi connectivity index (χ4n) is 1.68. The number of aromatic carboxylic acids is 1. The number of carbonyl (C=O) groups excluding carboxylic acids is 1. The maximum atomic E-state index is 13.6. The molecular weight excluding hydrogens is 281 g/mol. The molecule has 1 aromatic heterocycles. The van der Waals surface area contributed by atoms with Crippen LogP contribution in [0.2, 0.25) is 0 Å². The van der Waals surface area contributed by atoms with Crippen LogP contribution in [0.4, 0.5) is 10.1 Å². The van der Waals surface area contributed by atoms with Crippen molar-refractivity contribution in [3.63, 3.8) is 0 Å². The van der Waals surface area contributed by atoms with E-state index in [0.29, 0.717) is 5.76 Å². The van der Waals surface area contributed by atoms with Gasteiger partial charge in [-0.3, -0.25) is 0 Å². The summed E-state index contributed by atoms with van der Waals surface area (Å²) in [5, 5.41) is 11.5. The standard InChI is InChI=1S/C14H12FNO5/c1-20-14(19)8-2-4-10(15)11(6-8)16-7-9-3-5-12(21-9)13(17)18/h2-6,16H,7H2,1H3,(H,17,18). The Morgan fingerprint density at radius 3 is 2.71 bits per heavy atom. The maximum Gasteiger partial charge on any atom is 0.371 e. The lowest BCUT2D eigenvalue weighted by Crippen LogP contribution is -2.05. The molecule has 7 heteroatoms. The monoisotopic (exact) mass is 293 g/mol. The summed E-state index contributed by atoms with van der Waals surface area (Å²) in [7, 11) is 1.23. The molecule has 0 aliphatic heterocycles. The van der Waals surface area contributed by atoms with E-state index in [-0.39, 0.29) is 23.6 Å². The van der Waals surface area contributed by atoms with Crippen LogP contribution < -0.4 is 5.32 Å². The van der Waals surface area contributed by atoms with E-state index < -0.39 is 17.8 Å². The van der Waals surface area contributed by atoms with Crippen molar-refractivity contribution >= 4 is 17.6 Å². The minimum absolute atomic E-state index is 0.0782. The number of hydrogen-bond donors (Lipinski definition) is 2. The van der Waals surface area contributed by atoms with Gasteiger partial charge in [-0.25, -0.2) is 14.0 Å². The van der Waals surface area contributed by atoms with Crippen molar-refractivity contribution in [2.75, 3.05) is 12.4 Å². The lowest BCUT2D eigenvalue weighted by atomic mass is 10.2. The quantitative estimate of drug-likeness (QED) is 0.823. The maximum absolute atomic E-state index is 13.6. The summed E-state index contributed by atoms with van der Waals surface area (Å²) in [5.74, 6) is -2.18. The number of nitrogens with one attached hydrogen (secondary N) is 1. The van der Waals surface area contributed by atoms with Gasteiger partial charge in [0.25, 0.3) is 0 Å². The molecule has 2 N–H and O–H groups in total. The van der Waals surface area contributed by atoms with E-state index in [2.05, 4.69) is 10.1 Å². The molecule has 21 heavy (non-hydrogen) atoms. The van der Waals surface area contributed by atoms with Gasteiger partial charge >= 0.3 is 11.9 Å². The van der Waals surface area contributed by atoms with Gasteiger partial charge in [0.1, 0.15) is 11.6 Å². The SMILES string of the molecule is COC(=O)c1ccc(F)c(NCc2ccc(C(=O)O)o2)c1. The topological polar surface area (TPSA) is 88.8 Å². The van der Waals surface area contributed by atoms with Crippen LogP contribution in [-0.2, 0) is 11.3 Å². The van der Waals surface area contributed by atoms with Crippen molar-refractivity contribution in [3.8, 4) is 0 Å². The third-order valence-electron chi connectivity index (χ3n) is 2.71. The molecule has 0 saturated carbocycles. The van der Waals surface area contributed by atoms with E-state index in [1.807, 2.05) is 0 Å². The lowest BCUT2D eigenvalue weighted by molar-refractivity contribution is 0.0599. The molecule has 0 radical (unpaired) electrons. The highest BCUT2D eigenvalue weighted by atomic mass is 19.1. The predicted molar refractivity (Wildman–Crippen MR) is 70.7 cm³/mol. The molecular formula is C14H12FNO5. The highest BCUT2D eigenvalue weighted by Crippen LogP contribution is 2.18. The number of hydrogen-bond acceptors (Lipinski definition) is 5. The second kappa shape index (κ2) is 6.08. The van der Waals surface area contributed by atoms with Crippen LogP contribution in [0.5, 0.6) is 0 Å². The Morgan fingerprint density at radius 2 is 2.10 bits per heavy atom. The number of esters is 1. The first kappa shape index (κ1) is 14.6. The summed E-state index contributed by atoms with van der Waals surface area (Å²) < 4.78 is 23.2. The molecule has 0 unspecified atom stereocenters. The van der Waals surface area contributed by atoms with Crippen LogP contribution in [-0.4, -0.2) is 24.2 Å². The van der Waals surface area contributed by atoms with Gasteiger partial charge in [0, 0.05) is 0 Å². The van der Waals surface area contributed by atoms with Crippen LogP contribution in [0.3, 0.4) is 0 Å². The van der Waals surface area contributed by atoms with Gasteiger partial charge in [-0.05, 0) is 30.3 Å². The van der Waals surface area contributed by atoms with Gasteiger partial charge in [0.2, 0.25) is 5.76 Å². The molecule has 6 nitrogen and oxygen atoms in total. The first-order valence-electron chi connectivity index (χ1n) is 5.95. The van der Waals surface area contributed by atoms with Gasteiger partial charge in [-0.1, -0.05) is 0 Å². The van der Waals surface area contributed by atoms with E-state index in [1.165, 1.54) is 31.4 Å². The number of furan rings is 1. The van der Waals surface area contributed by atoms with Crippen molar-refractivity contribution in [3.05, 3.63) is 53.2 Å². The number of benzene rings is 1. The Bertz CT molecular complexity index is 680. The minimum Gasteiger partial charge on any atom is -0.475 e. The fourth-order valence-corrected chi connectivity index (χ4v) is 1.68. The average molecular weight is 293 g/mol. The Labute approximate surface area is 119 Å². The first-order chi connectivity index (χ1) is 10.0. The van der Waals surface area contributed by atoms with Gasteiger partial charge in [0.05, 0.1) is 24.9 Å². The fraction of sp³-hybridized carbons (Fsp3) is 0.143. The number of halogens is 1. The van der Waals surface area contributed by atoms with Crippen molar-refractivity contribution < 1.29 is 28.2 Å². The first-order valence-corrected chi connectivity index (χ1v) is 5.95. The highest BCUT2D eigenvalue weighted by molar-refractivity contribution is 5.90. The summed E-state index contributed by atoms with van der Waals surface area (Å²) in [5.41, 5.74) is 0.290. The molecule has 2 aromatic rings. The Kier molecular flexibility index (Phi) is 4.22. The lowest BCUT2D eigenvalue weighted by Gasteiger charge is -2.07. The van der Waals surface area contributed by atoms with Crippen molar-refractivity contribution in [2.24, 2.45) is 0 Å². The van der Waals surface area contributed by atoms with Crippen LogP contribution >= 0.6 is 0 Å². The van der Waals surface area contributed by atoms with Gasteiger partial charge in [-0.15, -0.1) is 0 Å². The van der Waals surface area contributed by atoms with Crippen molar-refractivity contribution in [1.29, 1.82) is 0 Å². The van der Waals surface area contributed by atoms with E-state index in [0.717, 1.165) is 6.07 Å². The normalized spacial score (nSPS) is 10.2.